The topological polar surface area (TPSA) is 29.1 Å². The second-order valence-corrected chi connectivity index (χ2v) is 5.08. The van der Waals surface area contributed by atoms with E-state index in [9.17, 15) is 4.79 Å². The van der Waals surface area contributed by atoms with E-state index in [-0.39, 0.29) is 18.3 Å². The van der Waals surface area contributed by atoms with Gasteiger partial charge in [0.15, 0.2) is 0 Å². The van der Waals surface area contributed by atoms with Crippen LogP contribution in [0.15, 0.2) is 11.4 Å². The van der Waals surface area contributed by atoms with Crippen molar-refractivity contribution in [2.75, 3.05) is 6.54 Å². The fraction of sp³-hybridized carbons (Fsp3) is 0.583. The van der Waals surface area contributed by atoms with E-state index < -0.39 is 0 Å². The smallest absolute Gasteiger partial charge is 0.123 e. The first-order valence-corrected chi connectivity index (χ1v) is 6.47. The van der Waals surface area contributed by atoms with Crippen LogP contribution in [-0.2, 0) is 11.2 Å². The number of aldehydes is 1. The quantitative estimate of drug-likeness (QED) is 0.846. The maximum Gasteiger partial charge on any atom is 0.123 e. The number of aryl methyl sites for hydroxylation is 1. The first-order valence-electron chi connectivity index (χ1n) is 5.59. The van der Waals surface area contributed by atoms with Crippen molar-refractivity contribution in [1.29, 1.82) is 0 Å². The zero-order valence-corrected chi connectivity index (χ0v) is 11.1. The van der Waals surface area contributed by atoms with E-state index in [0.29, 0.717) is 6.04 Å². The standard InChI is InChI=1S/C12H17NOS.ClH/c1-2-9-6-12(15-8-9)11-5-10(7-14)3-4-13-11;/h6-8,10-11,13H,2-5H2,1H3;1H. The van der Waals surface area contributed by atoms with Crippen molar-refractivity contribution in [3.8, 4) is 0 Å². The molecule has 0 aliphatic carbocycles. The number of piperidine rings is 1. The van der Waals surface area contributed by atoms with Crippen LogP contribution < -0.4 is 5.32 Å². The summed E-state index contributed by atoms with van der Waals surface area (Å²) in [4.78, 5) is 12.2. The maximum atomic E-state index is 10.8. The number of carbonyl (C=O) groups excluding carboxylic acids is 1. The Balaban J connectivity index is 0.00000128. The fourth-order valence-corrected chi connectivity index (χ4v) is 3.14. The normalized spacial score (nSPS) is 24.8. The fourth-order valence-electron chi connectivity index (χ4n) is 2.05. The third-order valence-corrected chi connectivity index (χ3v) is 4.16. The van der Waals surface area contributed by atoms with Gasteiger partial charge < -0.3 is 10.1 Å². The Kier molecular flexibility index (Phi) is 5.46. The molecule has 0 amide bonds. The van der Waals surface area contributed by atoms with Crippen molar-refractivity contribution in [2.45, 2.75) is 32.2 Å². The van der Waals surface area contributed by atoms with Crippen LogP contribution in [0.25, 0.3) is 0 Å². The lowest BCUT2D eigenvalue weighted by molar-refractivity contribution is -0.112. The minimum absolute atomic E-state index is 0. The number of hydrogen-bond donors (Lipinski definition) is 1. The predicted octanol–water partition coefficient (Wildman–Crippen LogP) is 2.97. The number of hydrogen-bond acceptors (Lipinski definition) is 3. The highest BCUT2D eigenvalue weighted by molar-refractivity contribution is 7.10. The van der Waals surface area contributed by atoms with E-state index >= 15 is 0 Å². The average Bonchev–Trinajstić information content (AvgIpc) is 2.78. The van der Waals surface area contributed by atoms with Gasteiger partial charge in [-0.15, -0.1) is 23.7 Å². The predicted molar refractivity (Wildman–Crippen MR) is 70.5 cm³/mol. The third kappa shape index (κ3) is 3.06. The zero-order valence-electron chi connectivity index (χ0n) is 9.44. The van der Waals surface area contributed by atoms with E-state index in [1.54, 1.807) is 0 Å². The SMILES string of the molecule is CCc1csc(C2CC(C=O)CCN2)c1.Cl. The summed E-state index contributed by atoms with van der Waals surface area (Å²) in [6.07, 6.45) is 4.17. The van der Waals surface area contributed by atoms with Gasteiger partial charge in [-0.2, -0.15) is 0 Å². The molecule has 2 heterocycles. The Morgan fingerprint density at radius 1 is 1.62 bits per heavy atom. The molecule has 1 N–H and O–H groups in total. The minimum atomic E-state index is 0. The molecule has 1 aromatic rings. The Hall–Kier alpha value is -0.380. The molecule has 4 heteroatoms. The summed E-state index contributed by atoms with van der Waals surface area (Å²) in [5.74, 6) is 0.253. The molecule has 0 spiro atoms. The van der Waals surface area contributed by atoms with E-state index in [0.717, 1.165) is 32.1 Å². The van der Waals surface area contributed by atoms with Crippen LogP contribution in [0.3, 0.4) is 0 Å². The molecule has 0 radical (unpaired) electrons. The highest BCUT2D eigenvalue weighted by Gasteiger charge is 2.23. The highest BCUT2D eigenvalue weighted by atomic mass is 35.5. The first-order chi connectivity index (χ1) is 7.33. The van der Waals surface area contributed by atoms with Gasteiger partial charge in [0.1, 0.15) is 6.29 Å². The van der Waals surface area contributed by atoms with Crippen LogP contribution >= 0.6 is 23.7 Å². The van der Waals surface area contributed by atoms with Crippen molar-refractivity contribution in [2.24, 2.45) is 5.92 Å². The average molecular weight is 260 g/mol. The summed E-state index contributed by atoms with van der Waals surface area (Å²) < 4.78 is 0. The number of nitrogens with one attached hydrogen (secondary N) is 1. The Bertz CT molecular complexity index is 340. The number of carbonyl (C=O) groups is 1. The molecular formula is C12H18ClNOS. The highest BCUT2D eigenvalue weighted by Crippen LogP contribution is 2.30. The lowest BCUT2D eigenvalue weighted by atomic mass is 9.93. The van der Waals surface area contributed by atoms with Crippen LogP contribution in [0, 0.1) is 5.92 Å². The molecule has 1 aromatic heterocycles. The zero-order chi connectivity index (χ0) is 10.7. The summed E-state index contributed by atoms with van der Waals surface area (Å²) in [5, 5.41) is 5.71. The minimum Gasteiger partial charge on any atom is -0.309 e. The van der Waals surface area contributed by atoms with E-state index in [4.69, 9.17) is 0 Å². The van der Waals surface area contributed by atoms with Crippen LogP contribution in [0.1, 0.15) is 36.2 Å². The molecule has 2 unspecified atom stereocenters. The van der Waals surface area contributed by atoms with Crippen molar-refractivity contribution >= 4 is 30.0 Å². The van der Waals surface area contributed by atoms with Crippen molar-refractivity contribution < 1.29 is 4.79 Å². The van der Waals surface area contributed by atoms with Gasteiger partial charge in [0, 0.05) is 16.8 Å². The lowest BCUT2D eigenvalue weighted by Gasteiger charge is -2.26. The molecular weight excluding hydrogens is 242 g/mol. The molecule has 2 rings (SSSR count). The van der Waals surface area contributed by atoms with Crippen LogP contribution in [0.5, 0.6) is 0 Å². The molecule has 1 aliphatic heterocycles. The van der Waals surface area contributed by atoms with Gasteiger partial charge in [-0.1, -0.05) is 6.92 Å². The van der Waals surface area contributed by atoms with Gasteiger partial charge >= 0.3 is 0 Å². The Labute approximate surface area is 107 Å². The first kappa shape index (κ1) is 13.7. The van der Waals surface area contributed by atoms with Crippen LogP contribution in [-0.4, -0.2) is 12.8 Å². The van der Waals surface area contributed by atoms with Gasteiger partial charge in [0.2, 0.25) is 0 Å². The lowest BCUT2D eigenvalue weighted by Crippen LogP contribution is -2.31. The summed E-state index contributed by atoms with van der Waals surface area (Å²) in [6.45, 7) is 3.14. The van der Waals surface area contributed by atoms with Gasteiger partial charge in [0.05, 0.1) is 0 Å². The van der Waals surface area contributed by atoms with Crippen molar-refractivity contribution in [3.63, 3.8) is 0 Å². The number of halogens is 1. The van der Waals surface area contributed by atoms with Crippen molar-refractivity contribution in [3.05, 3.63) is 21.9 Å². The van der Waals surface area contributed by atoms with Crippen molar-refractivity contribution in [1.82, 2.24) is 5.32 Å². The van der Waals surface area contributed by atoms with E-state index in [1.807, 2.05) is 11.3 Å². The summed E-state index contributed by atoms with van der Waals surface area (Å²) in [7, 11) is 0. The third-order valence-electron chi connectivity index (χ3n) is 3.06. The molecule has 90 valence electrons. The van der Waals surface area contributed by atoms with Gasteiger partial charge in [-0.05, 0) is 42.8 Å². The number of thiophene rings is 1. The molecule has 2 atom stereocenters. The molecule has 0 bridgehead atoms. The molecule has 16 heavy (non-hydrogen) atoms. The molecule has 1 fully saturated rings. The molecule has 0 saturated carbocycles. The largest absolute Gasteiger partial charge is 0.309 e. The second kappa shape index (κ2) is 6.38. The Morgan fingerprint density at radius 3 is 3.06 bits per heavy atom. The van der Waals surface area contributed by atoms with Gasteiger partial charge in [0.25, 0.3) is 0 Å². The molecule has 1 aliphatic rings. The van der Waals surface area contributed by atoms with E-state index in [1.165, 1.54) is 10.4 Å². The Morgan fingerprint density at radius 2 is 2.44 bits per heavy atom. The molecule has 2 nitrogen and oxygen atoms in total. The summed E-state index contributed by atoms with van der Waals surface area (Å²) in [5.41, 5.74) is 1.41. The van der Waals surface area contributed by atoms with Crippen LogP contribution in [0.2, 0.25) is 0 Å². The monoisotopic (exact) mass is 259 g/mol. The maximum absolute atomic E-state index is 10.8. The van der Waals surface area contributed by atoms with Gasteiger partial charge in [-0.25, -0.2) is 0 Å². The van der Waals surface area contributed by atoms with Crippen LogP contribution in [0.4, 0.5) is 0 Å². The molecule has 0 aromatic carbocycles. The summed E-state index contributed by atoms with van der Waals surface area (Å²) >= 11 is 1.81. The molecule has 1 saturated heterocycles. The van der Waals surface area contributed by atoms with Gasteiger partial charge in [-0.3, -0.25) is 0 Å². The van der Waals surface area contributed by atoms with E-state index in [2.05, 4.69) is 23.7 Å². The second-order valence-electron chi connectivity index (χ2n) is 4.14. The summed E-state index contributed by atoms with van der Waals surface area (Å²) in [6, 6.07) is 2.68. The number of rotatable bonds is 3.